The van der Waals surface area contributed by atoms with Crippen LogP contribution < -0.4 is 5.32 Å². The normalized spacial score (nSPS) is 10.2. The molecule has 0 saturated carbocycles. The van der Waals surface area contributed by atoms with E-state index in [1.54, 1.807) is 0 Å². The first-order valence-electron chi connectivity index (χ1n) is 5.33. The minimum atomic E-state index is -0.0712. The Bertz CT molecular complexity index is 520. The molecule has 88 valence electrons. The second kappa shape index (κ2) is 5.19. The summed E-state index contributed by atoms with van der Waals surface area (Å²) in [5.41, 5.74) is 2.84. The van der Waals surface area contributed by atoms with Crippen LogP contribution in [0.1, 0.15) is 21.5 Å². The molecule has 4 heteroatoms. The van der Waals surface area contributed by atoms with E-state index in [1.165, 1.54) is 0 Å². The number of nitrogens with one attached hydrogen (secondary N) is 2. The van der Waals surface area contributed by atoms with Crippen molar-refractivity contribution in [2.45, 2.75) is 13.5 Å². The zero-order chi connectivity index (χ0) is 12.3. The molecule has 0 aliphatic heterocycles. The molecule has 0 radical (unpaired) electrons. The van der Waals surface area contributed by atoms with Gasteiger partial charge in [0.2, 0.25) is 0 Å². The molecule has 2 rings (SSSR count). The molecule has 1 aromatic heterocycles. The molecule has 1 amide bonds. The molecule has 1 aromatic carbocycles. The van der Waals surface area contributed by atoms with E-state index in [9.17, 15) is 4.79 Å². The Morgan fingerprint density at radius 1 is 1.41 bits per heavy atom. The molecule has 0 atom stereocenters. The van der Waals surface area contributed by atoms with Crippen molar-refractivity contribution in [1.82, 2.24) is 10.3 Å². The Balaban J connectivity index is 2.04. The minimum Gasteiger partial charge on any atom is -0.367 e. The third kappa shape index (κ3) is 2.97. The van der Waals surface area contributed by atoms with Crippen LogP contribution in [-0.2, 0) is 6.54 Å². The van der Waals surface area contributed by atoms with E-state index in [4.69, 9.17) is 0 Å². The molecule has 2 N–H and O–H groups in total. The number of hydrogen-bond donors (Lipinski definition) is 2. The Morgan fingerprint density at radius 2 is 2.24 bits per heavy atom. The SMILES string of the molecule is Cc1ccc(C(=O)NCc2cc[nH]c2)c(Br)c1. The number of aryl methyl sites for hydroxylation is 1. The van der Waals surface area contributed by atoms with E-state index in [-0.39, 0.29) is 5.91 Å². The lowest BCUT2D eigenvalue weighted by Crippen LogP contribution is -2.22. The molecule has 0 aliphatic carbocycles. The average molecular weight is 293 g/mol. The summed E-state index contributed by atoms with van der Waals surface area (Å²) < 4.78 is 0.823. The largest absolute Gasteiger partial charge is 0.367 e. The Labute approximate surface area is 108 Å². The highest BCUT2D eigenvalue weighted by atomic mass is 79.9. The number of aromatic nitrogens is 1. The first-order chi connectivity index (χ1) is 8.16. The van der Waals surface area contributed by atoms with Crippen molar-refractivity contribution in [3.05, 3.63) is 57.8 Å². The van der Waals surface area contributed by atoms with Gasteiger partial charge in [-0.05, 0) is 52.2 Å². The van der Waals surface area contributed by atoms with Gasteiger partial charge in [-0.3, -0.25) is 4.79 Å². The molecule has 0 spiro atoms. The predicted octanol–water partition coefficient (Wildman–Crippen LogP) is 3.02. The fourth-order valence-electron chi connectivity index (χ4n) is 1.55. The smallest absolute Gasteiger partial charge is 0.252 e. The maximum Gasteiger partial charge on any atom is 0.252 e. The molecule has 0 bridgehead atoms. The molecule has 0 fully saturated rings. The summed E-state index contributed by atoms with van der Waals surface area (Å²) >= 11 is 3.40. The Hall–Kier alpha value is -1.55. The van der Waals surface area contributed by atoms with E-state index in [1.807, 2.05) is 43.6 Å². The van der Waals surface area contributed by atoms with Crippen molar-refractivity contribution >= 4 is 21.8 Å². The highest BCUT2D eigenvalue weighted by molar-refractivity contribution is 9.10. The number of rotatable bonds is 3. The van der Waals surface area contributed by atoms with Crippen LogP contribution in [0.3, 0.4) is 0 Å². The summed E-state index contributed by atoms with van der Waals surface area (Å²) in [6.07, 6.45) is 3.70. The molecule has 0 unspecified atom stereocenters. The summed E-state index contributed by atoms with van der Waals surface area (Å²) in [7, 11) is 0. The third-order valence-corrected chi connectivity index (χ3v) is 3.14. The van der Waals surface area contributed by atoms with Crippen LogP contribution in [-0.4, -0.2) is 10.9 Å². The first kappa shape index (κ1) is 11.9. The van der Waals surface area contributed by atoms with Crippen molar-refractivity contribution in [3.8, 4) is 0 Å². The van der Waals surface area contributed by atoms with Crippen LogP contribution in [0.2, 0.25) is 0 Å². The molecule has 0 saturated heterocycles. The van der Waals surface area contributed by atoms with Crippen molar-refractivity contribution < 1.29 is 4.79 Å². The van der Waals surface area contributed by atoms with Gasteiger partial charge in [0.05, 0.1) is 5.56 Å². The topological polar surface area (TPSA) is 44.9 Å². The average Bonchev–Trinajstić information content (AvgIpc) is 2.78. The number of aromatic amines is 1. The number of carbonyl (C=O) groups excluding carboxylic acids is 1. The molecule has 0 aliphatic rings. The monoisotopic (exact) mass is 292 g/mol. The van der Waals surface area contributed by atoms with Crippen molar-refractivity contribution in [2.24, 2.45) is 0 Å². The van der Waals surface area contributed by atoms with Crippen LogP contribution in [0.15, 0.2) is 41.1 Å². The second-order valence-electron chi connectivity index (χ2n) is 3.89. The lowest BCUT2D eigenvalue weighted by Gasteiger charge is -2.06. The summed E-state index contributed by atoms with van der Waals surface area (Å²) in [5.74, 6) is -0.0712. The van der Waals surface area contributed by atoms with E-state index in [0.717, 1.165) is 15.6 Å². The second-order valence-corrected chi connectivity index (χ2v) is 4.74. The number of carbonyl (C=O) groups is 1. The first-order valence-corrected chi connectivity index (χ1v) is 6.12. The number of halogens is 1. The summed E-state index contributed by atoms with van der Waals surface area (Å²) in [6.45, 7) is 2.52. The highest BCUT2D eigenvalue weighted by Gasteiger charge is 2.09. The van der Waals surface area contributed by atoms with Crippen molar-refractivity contribution in [1.29, 1.82) is 0 Å². The fourth-order valence-corrected chi connectivity index (χ4v) is 2.22. The number of hydrogen-bond acceptors (Lipinski definition) is 1. The van der Waals surface area contributed by atoms with E-state index in [2.05, 4.69) is 26.2 Å². The Kier molecular flexibility index (Phi) is 3.64. The lowest BCUT2D eigenvalue weighted by atomic mass is 10.1. The van der Waals surface area contributed by atoms with Gasteiger partial charge in [0.25, 0.3) is 5.91 Å². The number of benzene rings is 1. The van der Waals surface area contributed by atoms with Crippen LogP contribution in [0.5, 0.6) is 0 Å². The van der Waals surface area contributed by atoms with Gasteiger partial charge in [-0.25, -0.2) is 0 Å². The molecule has 2 aromatic rings. The van der Waals surface area contributed by atoms with Gasteiger partial charge < -0.3 is 10.3 Å². The van der Waals surface area contributed by atoms with Gasteiger partial charge in [0.1, 0.15) is 0 Å². The quantitative estimate of drug-likeness (QED) is 0.897. The van der Waals surface area contributed by atoms with E-state index in [0.29, 0.717) is 12.1 Å². The maximum atomic E-state index is 11.9. The Morgan fingerprint density at radius 3 is 2.88 bits per heavy atom. The van der Waals surface area contributed by atoms with Crippen LogP contribution >= 0.6 is 15.9 Å². The fraction of sp³-hybridized carbons (Fsp3) is 0.154. The van der Waals surface area contributed by atoms with Crippen molar-refractivity contribution in [3.63, 3.8) is 0 Å². The van der Waals surface area contributed by atoms with Crippen LogP contribution in [0, 0.1) is 6.92 Å². The lowest BCUT2D eigenvalue weighted by molar-refractivity contribution is 0.0950. The maximum absolute atomic E-state index is 11.9. The van der Waals surface area contributed by atoms with Gasteiger partial charge in [-0.2, -0.15) is 0 Å². The summed E-state index contributed by atoms with van der Waals surface area (Å²) in [6, 6.07) is 7.62. The van der Waals surface area contributed by atoms with Gasteiger partial charge in [-0.1, -0.05) is 6.07 Å². The van der Waals surface area contributed by atoms with E-state index >= 15 is 0 Å². The van der Waals surface area contributed by atoms with E-state index < -0.39 is 0 Å². The molecule has 1 heterocycles. The predicted molar refractivity (Wildman–Crippen MR) is 70.8 cm³/mol. The number of amides is 1. The van der Waals surface area contributed by atoms with Gasteiger partial charge in [0, 0.05) is 23.4 Å². The highest BCUT2D eigenvalue weighted by Crippen LogP contribution is 2.18. The van der Waals surface area contributed by atoms with Gasteiger partial charge >= 0.3 is 0 Å². The molecule has 3 nitrogen and oxygen atoms in total. The molecular weight excluding hydrogens is 280 g/mol. The zero-order valence-corrected chi connectivity index (χ0v) is 11.0. The van der Waals surface area contributed by atoms with Crippen LogP contribution in [0.25, 0.3) is 0 Å². The minimum absolute atomic E-state index is 0.0712. The zero-order valence-electron chi connectivity index (χ0n) is 9.46. The summed E-state index contributed by atoms with van der Waals surface area (Å²) in [5, 5.41) is 2.87. The number of H-pyrrole nitrogens is 1. The molecular formula is C13H13BrN2O. The van der Waals surface area contributed by atoms with Crippen LogP contribution in [0.4, 0.5) is 0 Å². The third-order valence-electron chi connectivity index (χ3n) is 2.48. The summed E-state index contributed by atoms with van der Waals surface area (Å²) in [4.78, 5) is 14.9. The standard InChI is InChI=1S/C13H13BrN2O/c1-9-2-3-11(12(14)6-9)13(17)16-8-10-4-5-15-7-10/h2-7,15H,8H2,1H3,(H,16,17). The van der Waals surface area contributed by atoms with Gasteiger partial charge in [0.15, 0.2) is 0 Å². The van der Waals surface area contributed by atoms with Gasteiger partial charge in [-0.15, -0.1) is 0 Å². The van der Waals surface area contributed by atoms with Crippen molar-refractivity contribution in [2.75, 3.05) is 0 Å². The molecule has 17 heavy (non-hydrogen) atoms.